The highest BCUT2D eigenvalue weighted by Crippen LogP contribution is 2.20. The van der Waals surface area contributed by atoms with Crippen LogP contribution in [0.2, 0.25) is 5.02 Å². The number of urea groups is 1. The second-order valence-electron chi connectivity index (χ2n) is 7.14. The molecule has 28 heavy (non-hydrogen) atoms. The third kappa shape index (κ3) is 5.35. The molecule has 1 N–H and O–H groups in total. The van der Waals surface area contributed by atoms with Crippen LogP contribution < -0.4 is 10.2 Å². The van der Waals surface area contributed by atoms with Crippen molar-refractivity contribution in [1.29, 1.82) is 0 Å². The highest BCUT2D eigenvalue weighted by atomic mass is 35.5. The zero-order chi connectivity index (χ0) is 19.9. The first-order valence-electron chi connectivity index (χ1n) is 9.66. The molecule has 0 aliphatic carbocycles. The standard InChI is InChI=1S/C21H26ClFN4O/c1-26(15-17-18(22)7-6-8-19(17)23)21(28)25-14-16-9-10-20(24-13-16)27-11-4-2-3-5-12-27/h6-10,13H,2-5,11-12,14-15H2,1H3,(H,25,28). The molecule has 2 amide bonds. The van der Waals surface area contributed by atoms with Crippen molar-refractivity contribution >= 4 is 23.4 Å². The van der Waals surface area contributed by atoms with Gasteiger partial charge < -0.3 is 15.1 Å². The number of nitrogens with zero attached hydrogens (tertiary/aromatic N) is 3. The van der Waals surface area contributed by atoms with Crippen LogP contribution in [0.1, 0.15) is 36.8 Å². The lowest BCUT2D eigenvalue weighted by Crippen LogP contribution is -2.36. The maximum absolute atomic E-state index is 13.9. The van der Waals surface area contributed by atoms with Gasteiger partial charge in [-0.25, -0.2) is 14.2 Å². The number of halogens is 2. The van der Waals surface area contributed by atoms with Crippen LogP contribution in [0.4, 0.5) is 15.0 Å². The molecule has 3 rings (SSSR count). The lowest BCUT2D eigenvalue weighted by atomic mass is 10.2. The van der Waals surface area contributed by atoms with E-state index in [1.54, 1.807) is 25.4 Å². The molecule has 150 valence electrons. The smallest absolute Gasteiger partial charge is 0.317 e. The average molecular weight is 405 g/mol. The summed E-state index contributed by atoms with van der Waals surface area (Å²) in [5.41, 5.74) is 1.23. The molecule has 1 fully saturated rings. The van der Waals surface area contributed by atoms with Crippen LogP contribution in [0, 0.1) is 5.82 Å². The van der Waals surface area contributed by atoms with Gasteiger partial charge in [-0.3, -0.25) is 0 Å². The zero-order valence-electron chi connectivity index (χ0n) is 16.1. The van der Waals surface area contributed by atoms with Crippen molar-refractivity contribution in [3.8, 4) is 0 Å². The van der Waals surface area contributed by atoms with Crippen molar-refractivity contribution in [2.45, 2.75) is 38.8 Å². The quantitative estimate of drug-likeness (QED) is 0.792. The molecule has 0 atom stereocenters. The monoisotopic (exact) mass is 404 g/mol. The van der Waals surface area contributed by atoms with Gasteiger partial charge >= 0.3 is 6.03 Å². The van der Waals surface area contributed by atoms with E-state index >= 15 is 0 Å². The van der Waals surface area contributed by atoms with Gasteiger partial charge in [-0.2, -0.15) is 0 Å². The van der Waals surface area contributed by atoms with Crippen LogP contribution in [-0.2, 0) is 13.1 Å². The Morgan fingerprint density at radius 2 is 1.96 bits per heavy atom. The normalized spacial score (nSPS) is 14.5. The maximum atomic E-state index is 13.9. The highest BCUT2D eigenvalue weighted by Gasteiger charge is 2.14. The number of nitrogens with one attached hydrogen (secondary N) is 1. The summed E-state index contributed by atoms with van der Waals surface area (Å²) in [5, 5.41) is 3.15. The van der Waals surface area contributed by atoms with Crippen molar-refractivity contribution in [3.63, 3.8) is 0 Å². The average Bonchev–Trinajstić information content (AvgIpc) is 2.99. The van der Waals surface area contributed by atoms with Gasteiger partial charge in [-0.15, -0.1) is 0 Å². The number of hydrogen-bond donors (Lipinski definition) is 1. The molecular formula is C21H26ClFN4O. The topological polar surface area (TPSA) is 48.5 Å². The molecule has 0 radical (unpaired) electrons. The molecule has 1 aromatic carbocycles. The summed E-state index contributed by atoms with van der Waals surface area (Å²) in [5.74, 6) is 0.573. The Morgan fingerprint density at radius 3 is 2.61 bits per heavy atom. The predicted molar refractivity (Wildman–Crippen MR) is 110 cm³/mol. The molecule has 1 aromatic heterocycles. The van der Waals surface area contributed by atoms with Crippen LogP contribution in [0.25, 0.3) is 0 Å². The van der Waals surface area contributed by atoms with E-state index in [0.717, 1.165) is 24.5 Å². The van der Waals surface area contributed by atoms with Gasteiger partial charge in [0.1, 0.15) is 11.6 Å². The Balaban J connectivity index is 1.52. The van der Waals surface area contributed by atoms with Gasteiger partial charge in [0.15, 0.2) is 0 Å². The number of anilines is 1. The largest absolute Gasteiger partial charge is 0.357 e. The molecule has 0 unspecified atom stereocenters. The number of pyridine rings is 1. The first-order chi connectivity index (χ1) is 13.5. The number of aromatic nitrogens is 1. The number of amides is 2. The Bertz CT molecular complexity index is 771. The Morgan fingerprint density at radius 1 is 1.21 bits per heavy atom. The first-order valence-corrected chi connectivity index (χ1v) is 10.0. The third-order valence-corrected chi connectivity index (χ3v) is 5.34. The summed E-state index contributed by atoms with van der Waals surface area (Å²) in [7, 11) is 1.61. The Kier molecular flexibility index (Phi) is 7.09. The van der Waals surface area contributed by atoms with Crippen molar-refractivity contribution in [1.82, 2.24) is 15.2 Å². The van der Waals surface area contributed by atoms with Crippen LogP contribution in [0.5, 0.6) is 0 Å². The molecule has 0 saturated carbocycles. The Hall–Kier alpha value is -2.34. The van der Waals surface area contributed by atoms with Gasteiger partial charge in [-0.05, 0) is 36.6 Å². The van der Waals surface area contributed by atoms with Crippen LogP contribution >= 0.6 is 11.6 Å². The molecule has 1 saturated heterocycles. The fourth-order valence-corrected chi connectivity index (χ4v) is 3.54. The highest BCUT2D eigenvalue weighted by molar-refractivity contribution is 6.31. The second kappa shape index (κ2) is 9.73. The molecule has 0 spiro atoms. The van der Waals surface area contributed by atoms with E-state index in [-0.39, 0.29) is 12.6 Å². The minimum Gasteiger partial charge on any atom is -0.357 e. The number of hydrogen-bond acceptors (Lipinski definition) is 3. The summed E-state index contributed by atoms with van der Waals surface area (Å²) in [6, 6.07) is 8.20. The lowest BCUT2D eigenvalue weighted by molar-refractivity contribution is 0.206. The SMILES string of the molecule is CN(Cc1c(F)cccc1Cl)C(=O)NCc1ccc(N2CCCCCC2)nc1. The number of carbonyl (C=O) groups excluding carboxylic acids is 1. The van der Waals surface area contributed by atoms with Gasteiger partial charge in [0, 0.05) is 43.5 Å². The summed E-state index contributed by atoms with van der Waals surface area (Å²) in [6.45, 7) is 2.56. The van der Waals surface area contributed by atoms with Crippen molar-refractivity contribution in [3.05, 3.63) is 58.5 Å². The first kappa shape index (κ1) is 20.4. The molecule has 2 heterocycles. The van der Waals surface area contributed by atoms with E-state index in [1.807, 2.05) is 12.1 Å². The minimum absolute atomic E-state index is 0.101. The fourth-order valence-electron chi connectivity index (χ4n) is 3.31. The van der Waals surface area contributed by atoms with E-state index < -0.39 is 5.82 Å². The number of rotatable bonds is 5. The zero-order valence-corrected chi connectivity index (χ0v) is 16.9. The van der Waals surface area contributed by atoms with Gasteiger partial charge in [0.2, 0.25) is 0 Å². The molecule has 0 bridgehead atoms. The van der Waals surface area contributed by atoms with E-state index in [0.29, 0.717) is 17.1 Å². The number of benzene rings is 1. The van der Waals surface area contributed by atoms with Gasteiger partial charge in [0.05, 0.1) is 6.54 Å². The van der Waals surface area contributed by atoms with Crippen molar-refractivity contribution in [2.75, 3.05) is 25.0 Å². The maximum Gasteiger partial charge on any atom is 0.317 e. The van der Waals surface area contributed by atoms with Crippen LogP contribution in [0.15, 0.2) is 36.5 Å². The Labute approximate surface area is 170 Å². The summed E-state index contributed by atoms with van der Waals surface area (Å²) < 4.78 is 13.9. The third-order valence-electron chi connectivity index (χ3n) is 4.99. The minimum atomic E-state index is -0.416. The van der Waals surface area contributed by atoms with Crippen molar-refractivity contribution in [2.24, 2.45) is 0 Å². The summed E-state index contributed by atoms with van der Waals surface area (Å²) >= 11 is 6.03. The van der Waals surface area contributed by atoms with Crippen molar-refractivity contribution < 1.29 is 9.18 Å². The number of carbonyl (C=O) groups is 1. The van der Waals surface area contributed by atoms with Crippen LogP contribution in [-0.4, -0.2) is 36.1 Å². The summed E-state index contributed by atoms with van der Waals surface area (Å²) in [4.78, 5) is 20.6. The van der Waals surface area contributed by atoms with Gasteiger partial charge in [-0.1, -0.05) is 36.6 Å². The molecule has 5 nitrogen and oxygen atoms in total. The van der Waals surface area contributed by atoms with E-state index in [4.69, 9.17) is 11.6 Å². The lowest BCUT2D eigenvalue weighted by Gasteiger charge is -2.21. The summed E-state index contributed by atoms with van der Waals surface area (Å²) in [6.07, 6.45) is 6.78. The van der Waals surface area contributed by atoms with E-state index in [9.17, 15) is 9.18 Å². The van der Waals surface area contributed by atoms with Crippen LogP contribution in [0.3, 0.4) is 0 Å². The second-order valence-corrected chi connectivity index (χ2v) is 7.55. The molecule has 1 aliphatic rings. The molecule has 7 heteroatoms. The fraction of sp³-hybridized carbons (Fsp3) is 0.429. The van der Waals surface area contributed by atoms with E-state index in [2.05, 4.69) is 15.2 Å². The van der Waals surface area contributed by atoms with Gasteiger partial charge in [0.25, 0.3) is 0 Å². The molecule has 1 aliphatic heterocycles. The van der Waals surface area contributed by atoms with E-state index in [1.165, 1.54) is 36.6 Å². The predicted octanol–water partition coefficient (Wildman–Crippen LogP) is 4.60. The molecule has 2 aromatic rings. The molecular weight excluding hydrogens is 379 g/mol.